The minimum atomic E-state index is 0.125. The van der Waals surface area contributed by atoms with Crippen LogP contribution in [0.5, 0.6) is 5.75 Å². The zero-order valence-electron chi connectivity index (χ0n) is 6.37. The molecule has 64 valence electrons. The molecular weight excluding hydrogens is 222 g/mol. The highest BCUT2D eigenvalue weighted by atomic mass is 79.9. The summed E-state index contributed by atoms with van der Waals surface area (Å²) >= 11 is 3.44. The smallest absolute Gasteiger partial charge is 0.248 e. The molecule has 0 aliphatic carbocycles. The summed E-state index contributed by atoms with van der Waals surface area (Å²) in [5.41, 5.74) is 0.684. The van der Waals surface area contributed by atoms with Crippen molar-refractivity contribution in [1.82, 2.24) is 0 Å². The van der Waals surface area contributed by atoms with Crippen molar-refractivity contribution in [3.8, 4) is 5.75 Å². The Balaban J connectivity index is 2.53. The number of rotatable bonds is 0. The summed E-state index contributed by atoms with van der Waals surface area (Å²) in [6, 6.07) is 3.51. The number of pyridine rings is 1. The van der Waals surface area contributed by atoms with Crippen LogP contribution in [0.15, 0.2) is 18.3 Å². The third kappa shape index (κ3) is 1.16. The number of hydrogen-bond acceptors (Lipinski definition) is 2. The van der Waals surface area contributed by atoms with E-state index < -0.39 is 0 Å². The van der Waals surface area contributed by atoms with Gasteiger partial charge in [0.2, 0.25) is 5.69 Å². The summed E-state index contributed by atoms with van der Waals surface area (Å²) < 4.78 is 6.18. The van der Waals surface area contributed by atoms with Crippen LogP contribution in [-0.4, -0.2) is 6.61 Å². The Morgan fingerprint density at radius 3 is 3.25 bits per heavy atom. The minimum Gasteiger partial charge on any atom is -0.618 e. The summed E-state index contributed by atoms with van der Waals surface area (Å²) in [6.07, 6.45) is 2.33. The first-order chi connectivity index (χ1) is 5.79. The van der Waals surface area contributed by atoms with E-state index in [1.807, 2.05) is 6.07 Å². The monoisotopic (exact) mass is 229 g/mol. The molecule has 3 nitrogen and oxygen atoms in total. The fourth-order valence-corrected chi connectivity index (χ4v) is 1.92. The fraction of sp³-hybridized carbons (Fsp3) is 0.375. The molecule has 1 aliphatic heterocycles. The lowest BCUT2D eigenvalue weighted by molar-refractivity contribution is -0.615. The quantitative estimate of drug-likeness (QED) is 0.385. The topological polar surface area (TPSA) is 36.2 Å². The molecule has 0 saturated carbocycles. The molecule has 0 fully saturated rings. The maximum atomic E-state index is 11.3. The molecule has 0 aromatic carbocycles. The van der Waals surface area contributed by atoms with Gasteiger partial charge in [0.25, 0.3) is 0 Å². The van der Waals surface area contributed by atoms with Crippen molar-refractivity contribution < 1.29 is 9.47 Å². The Morgan fingerprint density at radius 2 is 2.50 bits per heavy atom. The third-order valence-electron chi connectivity index (χ3n) is 1.88. The van der Waals surface area contributed by atoms with E-state index in [1.54, 1.807) is 6.07 Å². The van der Waals surface area contributed by atoms with Crippen LogP contribution in [0.1, 0.15) is 16.9 Å². The van der Waals surface area contributed by atoms with Gasteiger partial charge in [-0.3, -0.25) is 0 Å². The van der Waals surface area contributed by atoms with Crippen molar-refractivity contribution in [3.63, 3.8) is 0 Å². The van der Waals surface area contributed by atoms with Crippen LogP contribution in [0.2, 0.25) is 0 Å². The SMILES string of the molecule is [O-][n+]1cccc2c1C(Br)CCO2. The van der Waals surface area contributed by atoms with Gasteiger partial charge in [-0.05, 0) is 6.07 Å². The lowest BCUT2D eigenvalue weighted by Gasteiger charge is -2.19. The molecule has 0 bridgehead atoms. The number of aromatic nitrogens is 1. The van der Waals surface area contributed by atoms with E-state index in [9.17, 15) is 5.21 Å². The standard InChI is InChI=1S/C8H8BrNO2/c9-6-3-5-12-7-2-1-4-10(11)8(6)7/h1-2,4,6H,3,5H2. The van der Waals surface area contributed by atoms with Crippen molar-refractivity contribution in [2.45, 2.75) is 11.2 Å². The second-order valence-electron chi connectivity index (χ2n) is 2.69. The average molecular weight is 230 g/mol. The Morgan fingerprint density at radius 1 is 1.67 bits per heavy atom. The first-order valence-corrected chi connectivity index (χ1v) is 4.69. The summed E-state index contributed by atoms with van der Waals surface area (Å²) in [6.45, 7) is 0.674. The van der Waals surface area contributed by atoms with Gasteiger partial charge in [-0.25, -0.2) is 0 Å². The molecule has 0 N–H and O–H groups in total. The van der Waals surface area contributed by atoms with E-state index in [2.05, 4.69) is 15.9 Å². The van der Waals surface area contributed by atoms with Gasteiger partial charge >= 0.3 is 0 Å². The van der Waals surface area contributed by atoms with E-state index in [1.165, 1.54) is 6.20 Å². The van der Waals surface area contributed by atoms with Gasteiger partial charge in [0.1, 0.15) is 4.83 Å². The lowest BCUT2D eigenvalue weighted by atomic mass is 10.1. The molecule has 0 radical (unpaired) electrons. The van der Waals surface area contributed by atoms with Crippen LogP contribution in [0.4, 0.5) is 0 Å². The highest BCUT2D eigenvalue weighted by Gasteiger charge is 2.26. The first-order valence-electron chi connectivity index (χ1n) is 3.78. The van der Waals surface area contributed by atoms with Crippen molar-refractivity contribution >= 4 is 15.9 Å². The molecule has 2 rings (SSSR count). The van der Waals surface area contributed by atoms with Gasteiger partial charge in [0.05, 0.1) is 6.61 Å². The van der Waals surface area contributed by atoms with E-state index in [-0.39, 0.29) is 4.83 Å². The van der Waals surface area contributed by atoms with E-state index >= 15 is 0 Å². The Labute approximate surface area is 78.7 Å². The van der Waals surface area contributed by atoms with Gasteiger partial charge in [-0.1, -0.05) is 15.9 Å². The van der Waals surface area contributed by atoms with Crippen LogP contribution in [0.25, 0.3) is 0 Å². The number of ether oxygens (including phenoxy) is 1. The zero-order valence-corrected chi connectivity index (χ0v) is 7.95. The van der Waals surface area contributed by atoms with Crippen LogP contribution >= 0.6 is 15.9 Å². The van der Waals surface area contributed by atoms with Gasteiger partial charge < -0.3 is 9.94 Å². The Hall–Kier alpha value is -0.770. The van der Waals surface area contributed by atoms with Crippen molar-refractivity contribution in [3.05, 3.63) is 29.2 Å². The highest BCUT2D eigenvalue weighted by Crippen LogP contribution is 2.34. The van der Waals surface area contributed by atoms with Crippen molar-refractivity contribution in [2.75, 3.05) is 6.61 Å². The van der Waals surface area contributed by atoms with Gasteiger partial charge in [-0.2, -0.15) is 4.73 Å². The maximum Gasteiger partial charge on any atom is 0.248 e. The molecule has 0 spiro atoms. The van der Waals surface area contributed by atoms with Gasteiger partial charge in [0.15, 0.2) is 11.9 Å². The molecule has 12 heavy (non-hydrogen) atoms. The largest absolute Gasteiger partial charge is 0.618 e. The Bertz CT molecular complexity index is 303. The lowest BCUT2D eigenvalue weighted by Crippen LogP contribution is -2.34. The fourth-order valence-electron chi connectivity index (χ4n) is 1.31. The molecule has 4 heteroatoms. The zero-order chi connectivity index (χ0) is 8.55. The van der Waals surface area contributed by atoms with Gasteiger partial charge in [0, 0.05) is 12.5 Å². The van der Waals surface area contributed by atoms with Gasteiger partial charge in [-0.15, -0.1) is 0 Å². The van der Waals surface area contributed by atoms with Crippen molar-refractivity contribution in [2.24, 2.45) is 0 Å². The van der Waals surface area contributed by atoms with E-state index in [0.717, 1.165) is 11.2 Å². The average Bonchev–Trinajstić information content (AvgIpc) is 2.04. The molecule has 1 atom stereocenters. The van der Waals surface area contributed by atoms with Crippen LogP contribution in [0.3, 0.4) is 0 Å². The molecule has 1 unspecified atom stereocenters. The predicted octanol–water partition coefficient (Wildman–Crippen LogP) is 1.54. The molecule has 1 aliphatic rings. The normalized spacial score (nSPS) is 21.2. The molecule has 0 amide bonds. The first kappa shape index (κ1) is 7.86. The second kappa shape index (κ2) is 2.94. The number of alkyl halides is 1. The van der Waals surface area contributed by atoms with E-state index in [0.29, 0.717) is 18.1 Å². The minimum absolute atomic E-state index is 0.125. The van der Waals surface area contributed by atoms with Crippen LogP contribution in [0, 0.1) is 5.21 Å². The third-order valence-corrected chi connectivity index (χ3v) is 2.78. The predicted molar refractivity (Wildman–Crippen MR) is 47.2 cm³/mol. The molecular formula is C8H8BrNO2. The Kier molecular flexibility index (Phi) is 1.92. The van der Waals surface area contributed by atoms with Crippen molar-refractivity contribution in [1.29, 1.82) is 0 Å². The molecule has 0 saturated heterocycles. The summed E-state index contributed by atoms with van der Waals surface area (Å²) in [7, 11) is 0. The van der Waals surface area contributed by atoms with E-state index in [4.69, 9.17) is 4.74 Å². The van der Waals surface area contributed by atoms with Crippen LogP contribution in [-0.2, 0) is 0 Å². The second-order valence-corrected chi connectivity index (χ2v) is 3.79. The highest BCUT2D eigenvalue weighted by molar-refractivity contribution is 9.09. The number of nitrogens with zero attached hydrogens (tertiary/aromatic N) is 1. The number of halogens is 1. The molecule has 1 aromatic rings. The summed E-state index contributed by atoms with van der Waals surface area (Å²) in [5, 5.41) is 11.3. The number of hydrogen-bond donors (Lipinski definition) is 0. The molecule has 2 heterocycles. The maximum absolute atomic E-state index is 11.3. The number of fused-ring (bicyclic) bond motifs is 1. The van der Waals surface area contributed by atoms with Crippen LogP contribution < -0.4 is 9.47 Å². The summed E-state index contributed by atoms with van der Waals surface area (Å²) in [5.74, 6) is 0.695. The summed E-state index contributed by atoms with van der Waals surface area (Å²) in [4.78, 5) is 0.125. The molecule has 1 aromatic heterocycles.